The lowest BCUT2D eigenvalue weighted by molar-refractivity contribution is -0.120. The Bertz CT molecular complexity index is 523. The van der Waals surface area contributed by atoms with Gasteiger partial charge in [-0.15, -0.1) is 0 Å². The van der Waals surface area contributed by atoms with Gasteiger partial charge in [-0.2, -0.15) is 0 Å². The topological polar surface area (TPSA) is 89.4 Å². The monoisotopic (exact) mass is 469 g/mol. The number of primary amides is 1. The number of unbranched alkanes of at least 4 members (excludes halogenated alkanes) is 1. The van der Waals surface area contributed by atoms with E-state index in [0.717, 1.165) is 14.0 Å². The van der Waals surface area contributed by atoms with Crippen LogP contribution in [-0.2, 0) is 9.59 Å². The first kappa shape index (κ1) is 17.6. The van der Waals surface area contributed by atoms with E-state index >= 15 is 0 Å². The van der Waals surface area contributed by atoms with Gasteiger partial charge in [0.1, 0.15) is 0 Å². The average molecular weight is 472 g/mol. The lowest BCUT2D eigenvalue weighted by Crippen LogP contribution is -2.37. The average Bonchev–Trinajstić information content (AvgIpc) is 2.37. The van der Waals surface area contributed by atoms with E-state index in [1.54, 1.807) is 12.1 Å². The molecule has 20 heavy (non-hydrogen) atoms. The third-order valence-corrected chi connectivity index (χ3v) is 5.06. The van der Waals surface area contributed by atoms with Crippen LogP contribution < -0.4 is 16.6 Å². The molecule has 0 heterocycles. The minimum absolute atomic E-state index is 0.218. The minimum Gasteiger partial charge on any atom is -0.370 e. The van der Waals surface area contributed by atoms with Gasteiger partial charge >= 0.3 is 0 Å². The maximum atomic E-state index is 12.0. The third-order valence-electron chi connectivity index (χ3n) is 2.58. The summed E-state index contributed by atoms with van der Waals surface area (Å²) >= 11 is 10.1. The van der Waals surface area contributed by atoms with Crippen molar-refractivity contribution >= 4 is 65.3 Å². The number of carbonyl (C=O) groups is 2. The molecule has 5 nitrogen and oxygen atoms in total. The van der Waals surface area contributed by atoms with E-state index in [1.165, 1.54) is 0 Å². The SMILES string of the molecule is NC(=O)CCCCC(=O)N(N)c1cc(Br)c(Br)cc1Br. The van der Waals surface area contributed by atoms with Crippen molar-refractivity contribution in [2.24, 2.45) is 11.6 Å². The number of hydrazine groups is 1. The van der Waals surface area contributed by atoms with E-state index in [4.69, 9.17) is 11.6 Å². The highest BCUT2D eigenvalue weighted by Gasteiger charge is 2.16. The second-order valence-electron chi connectivity index (χ2n) is 4.15. The van der Waals surface area contributed by atoms with E-state index in [0.29, 0.717) is 23.0 Å². The fourth-order valence-electron chi connectivity index (χ4n) is 1.53. The number of benzene rings is 1. The molecule has 0 aliphatic rings. The van der Waals surface area contributed by atoms with Gasteiger partial charge in [0.25, 0.3) is 0 Å². The Labute approximate surface area is 142 Å². The van der Waals surface area contributed by atoms with Gasteiger partial charge < -0.3 is 5.73 Å². The molecule has 0 aliphatic carbocycles. The smallest absolute Gasteiger partial charge is 0.241 e. The lowest BCUT2D eigenvalue weighted by Gasteiger charge is -2.19. The highest BCUT2D eigenvalue weighted by molar-refractivity contribution is 9.13. The number of hydrogen-bond donors (Lipinski definition) is 2. The Kier molecular flexibility index (Phi) is 7.14. The molecule has 2 amide bonds. The first-order valence-corrected chi connectivity index (χ1v) is 8.21. The molecule has 0 bridgehead atoms. The second kappa shape index (κ2) is 8.11. The van der Waals surface area contributed by atoms with Gasteiger partial charge in [-0.3, -0.25) is 9.59 Å². The number of rotatable bonds is 6. The number of hydrogen-bond acceptors (Lipinski definition) is 3. The van der Waals surface area contributed by atoms with Crippen molar-refractivity contribution < 1.29 is 9.59 Å². The molecule has 4 N–H and O–H groups in total. The van der Waals surface area contributed by atoms with Gasteiger partial charge in [-0.25, -0.2) is 10.9 Å². The molecule has 0 atom stereocenters. The lowest BCUT2D eigenvalue weighted by atomic mass is 10.2. The fourth-order valence-corrected chi connectivity index (χ4v) is 3.04. The molecule has 8 heteroatoms. The number of carbonyl (C=O) groups excluding carboxylic acids is 2. The van der Waals surface area contributed by atoms with Crippen molar-refractivity contribution in [2.75, 3.05) is 5.01 Å². The summed E-state index contributed by atoms with van der Waals surface area (Å²) in [7, 11) is 0. The van der Waals surface area contributed by atoms with Crippen molar-refractivity contribution in [3.63, 3.8) is 0 Å². The number of nitrogens with two attached hydrogens (primary N) is 2. The standard InChI is InChI=1S/C12H14Br3N3O2/c13-7-5-9(15)10(6-8(7)14)18(17)12(20)4-2-1-3-11(16)19/h5-6H,1-4,17H2,(H2,16,19). The van der Waals surface area contributed by atoms with E-state index in [-0.39, 0.29) is 24.7 Å². The van der Waals surface area contributed by atoms with Gasteiger partial charge in [0.2, 0.25) is 11.8 Å². The van der Waals surface area contributed by atoms with Crippen LogP contribution in [0.15, 0.2) is 25.6 Å². The van der Waals surface area contributed by atoms with Gasteiger partial charge in [0.05, 0.1) is 5.69 Å². The molecule has 0 aromatic heterocycles. The van der Waals surface area contributed by atoms with Crippen LogP contribution in [0.5, 0.6) is 0 Å². The summed E-state index contributed by atoms with van der Waals surface area (Å²) in [4.78, 5) is 22.6. The Morgan fingerprint density at radius 1 is 1.00 bits per heavy atom. The largest absolute Gasteiger partial charge is 0.370 e. The zero-order chi connectivity index (χ0) is 15.3. The van der Waals surface area contributed by atoms with Crippen molar-refractivity contribution in [1.82, 2.24) is 0 Å². The molecule has 0 unspecified atom stereocenters. The summed E-state index contributed by atoms with van der Waals surface area (Å²) in [6.45, 7) is 0. The zero-order valence-electron chi connectivity index (χ0n) is 10.5. The Morgan fingerprint density at radius 2 is 1.55 bits per heavy atom. The Balaban J connectivity index is 2.65. The quantitative estimate of drug-likeness (QED) is 0.219. The first-order valence-electron chi connectivity index (χ1n) is 5.83. The minimum atomic E-state index is -0.360. The van der Waals surface area contributed by atoms with Gasteiger partial charge in [0, 0.05) is 26.3 Å². The number of anilines is 1. The first-order chi connectivity index (χ1) is 9.32. The van der Waals surface area contributed by atoms with Crippen LogP contribution in [0.1, 0.15) is 25.7 Å². The summed E-state index contributed by atoms with van der Waals surface area (Å²) < 4.78 is 2.36. The predicted octanol–water partition coefficient (Wildman–Crippen LogP) is 3.23. The van der Waals surface area contributed by atoms with Crippen LogP contribution in [0.25, 0.3) is 0 Å². The Morgan fingerprint density at radius 3 is 2.15 bits per heavy atom. The molecular weight excluding hydrogens is 458 g/mol. The van der Waals surface area contributed by atoms with Crippen LogP contribution in [0.4, 0.5) is 5.69 Å². The molecule has 0 saturated carbocycles. The van der Waals surface area contributed by atoms with Crippen molar-refractivity contribution in [3.8, 4) is 0 Å². The summed E-state index contributed by atoms with van der Waals surface area (Å²) in [6, 6.07) is 3.55. The van der Waals surface area contributed by atoms with Crippen LogP contribution in [0.3, 0.4) is 0 Å². The maximum absolute atomic E-state index is 12.0. The van der Waals surface area contributed by atoms with Gasteiger partial charge in [-0.1, -0.05) is 0 Å². The zero-order valence-corrected chi connectivity index (χ0v) is 15.3. The third kappa shape index (κ3) is 5.16. The van der Waals surface area contributed by atoms with E-state index < -0.39 is 0 Å². The van der Waals surface area contributed by atoms with Crippen molar-refractivity contribution in [2.45, 2.75) is 25.7 Å². The van der Waals surface area contributed by atoms with Crippen LogP contribution in [0, 0.1) is 0 Å². The molecular formula is C12H14Br3N3O2. The normalized spacial score (nSPS) is 10.4. The van der Waals surface area contributed by atoms with Crippen LogP contribution in [0.2, 0.25) is 0 Å². The molecule has 110 valence electrons. The summed E-state index contributed by atoms with van der Waals surface area (Å²) in [6.07, 6.45) is 1.71. The highest BCUT2D eigenvalue weighted by atomic mass is 79.9. The van der Waals surface area contributed by atoms with E-state index in [9.17, 15) is 9.59 Å². The van der Waals surface area contributed by atoms with Gasteiger partial charge in [0.15, 0.2) is 0 Å². The summed E-state index contributed by atoms with van der Waals surface area (Å²) in [5.74, 6) is 5.25. The van der Waals surface area contributed by atoms with Crippen molar-refractivity contribution in [3.05, 3.63) is 25.6 Å². The van der Waals surface area contributed by atoms with E-state index in [2.05, 4.69) is 47.8 Å². The molecule has 0 spiro atoms. The number of halogens is 3. The van der Waals surface area contributed by atoms with Gasteiger partial charge in [-0.05, 0) is 72.8 Å². The number of nitrogens with zero attached hydrogens (tertiary/aromatic N) is 1. The second-order valence-corrected chi connectivity index (χ2v) is 6.72. The van der Waals surface area contributed by atoms with Crippen molar-refractivity contribution in [1.29, 1.82) is 0 Å². The summed E-state index contributed by atoms with van der Waals surface area (Å²) in [5, 5.41) is 1.10. The predicted molar refractivity (Wildman–Crippen MR) is 88.9 cm³/mol. The fraction of sp³-hybridized carbons (Fsp3) is 0.333. The van der Waals surface area contributed by atoms with E-state index in [1.807, 2.05) is 0 Å². The highest BCUT2D eigenvalue weighted by Crippen LogP contribution is 2.34. The molecule has 1 aromatic carbocycles. The van der Waals surface area contributed by atoms with Crippen LogP contribution in [-0.4, -0.2) is 11.8 Å². The van der Waals surface area contributed by atoms with Crippen LogP contribution >= 0.6 is 47.8 Å². The number of amides is 2. The molecule has 0 fully saturated rings. The maximum Gasteiger partial charge on any atom is 0.241 e. The summed E-state index contributed by atoms with van der Waals surface area (Å²) in [5.41, 5.74) is 5.61. The molecule has 1 aromatic rings. The molecule has 0 saturated heterocycles. The Hall–Kier alpha value is -0.440. The molecule has 1 rings (SSSR count). The molecule has 0 radical (unpaired) electrons. The molecule has 0 aliphatic heterocycles.